The normalized spacial score (nSPS) is 21.1. The summed E-state index contributed by atoms with van der Waals surface area (Å²) in [5.41, 5.74) is 3.43. The maximum absolute atomic E-state index is 12.1. The molecular weight excluding hydrogens is 246 g/mol. The SMILES string of the molecule is CC1(C)C=CC2=C(CCCC2=O)N1Cc1ccccc1. The van der Waals surface area contributed by atoms with Gasteiger partial charge in [-0.2, -0.15) is 0 Å². The standard InChI is InChI=1S/C18H21NO/c1-18(2)12-11-15-16(9-6-10-17(15)20)19(18)13-14-7-4-3-5-8-14/h3-5,7-8,11-12H,6,9-10,13H2,1-2H3. The second kappa shape index (κ2) is 4.93. The van der Waals surface area contributed by atoms with Crippen LogP contribution in [-0.4, -0.2) is 16.2 Å². The van der Waals surface area contributed by atoms with E-state index in [0.29, 0.717) is 12.2 Å². The zero-order valence-electron chi connectivity index (χ0n) is 12.2. The summed E-state index contributed by atoms with van der Waals surface area (Å²) in [5, 5.41) is 0. The Labute approximate surface area is 120 Å². The first-order chi connectivity index (χ1) is 9.58. The third-order valence-electron chi connectivity index (χ3n) is 4.29. The van der Waals surface area contributed by atoms with Crippen molar-refractivity contribution in [3.63, 3.8) is 0 Å². The van der Waals surface area contributed by atoms with Crippen molar-refractivity contribution in [2.75, 3.05) is 0 Å². The molecule has 1 aliphatic heterocycles. The topological polar surface area (TPSA) is 20.3 Å². The molecule has 3 rings (SSSR count). The number of hydrogen-bond donors (Lipinski definition) is 0. The molecule has 0 unspecified atom stereocenters. The van der Waals surface area contributed by atoms with E-state index in [1.165, 1.54) is 11.3 Å². The van der Waals surface area contributed by atoms with Crippen molar-refractivity contribution in [3.05, 3.63) is 59.3 Å². The fraction of sp³-hybridized carbons (Fsp3) is 0.389. The third kappa shape index (κ3) is 2.31. The van der Waals surface area contributed by atoms with Gasteiger partial charge in [-0.3, -0.25) is 4.79 Å². The molecule has 0 radical (unpaired) electrons. The lowest BCUT2D eigenvalue weighted by molar-refractivity contribution is -0.116. The summed E-state index contributed by atoms with van der Waals surface area (Å²) in [4.78, 5) is 14.5. The number of ketones is 1. The van der Waals surface area contributed by atoms with Gasteiger partial charge in [0.2, 0.25) is 0 Å². The van der Waals surface area contributed by atoms with Crippen molar-refractivity contribution >= 4 is 5.78 Å². The Morgan fingerprint density at radius 1 is 1.15 bits per heavy atom. The van der Waals surface area contributed by atoms with Crippen LogP contribution in [0.1, 0.15) is 38.7 Å². The zero-order valence-corrected chi connectivity index (χ0v) is 12.2. The summed E-state index contributed by atoms with van der Waals surface area (Å²) in [7, 11) is 0. The molecule has 104 valence electrons. The van der Waals surface area contributed by atoms with Crippen molar-refractivity contribution in [1.29, 1.82) is 0 Å². The lowest BCUT2D eigenvalue weighted by Gasteiger charge is -2.44. The van der Waals surface area contributed by atoms with Gasteiger partial charge in [-0.15, -0.1) is 0 Å². The van der Waals surface area contributed by atoms with Crippen LogP contribution in [-0.2, 0) is 11.3 Å². The van der Waals surface area contributed by atoms with E-state index in [1.807, 2.05) is 12.1 Å². The van der Waals surface area contributed by atoms with E-state index < -0.39 is 0 Å². The summed E-state index contributed by atoms with van der Waals surface area (Å²) in [6.45, 7) is 5.30. The molecule has 1 aliphatic carbocycles. The number of carbonyl (C=O) groups excluding carboxylic acids is 1. The van der Waals surface area contributed by atoms with Gasteiger partial charge in [0.25, 0.3) is 0 Å². The lowest BCUT2D eigenvalue weighted by Crippen LogP contribution is -2.44. The van der Waals surface area contributed by atoms with Crippen LogP contribution in [0.4, 0.5) is 0 Å². The summed E-state index contributed by atoms with van der Waals surface area (Å²) in [6.07, 6.45) is 6.90. The van der Waals surface area contributed by atoms with E-state index in [-0.39, 0.29) is 5.54 Å². The van der Waals surface area contributed by atoms with Gasteiger partial charge < -0.3 is 4.90 Å². The highest BCUT2D eigenvalue weighted by molar-refractivity contribution is 5.99. The molecule has 1 heterocycles. The highest BCUT2D eigenvalue weighted by Gasteiger charge is 2.34. The third-order valence-corrected chi connectivity index (χ3v) is 4.29. The molecule has 1 aromatic rings. The molecule has 2 nitrogen and oxygen atoms in total. The predicted molar refractivity (Wildman–Crippen MR) is 81.1 cm³/mol. The van der Waals surface area contributed by atoms with E-state index in [1.54, 1.807) is 0 Å². The fourth-order valence-electron chi connectivity index (χ4n) is 3.11. The van der Waals surface area contributed by atoms with Crippen molar-refractivity contribution in [1.82, 2.24) is 4.90 Å². The summed E-state index contributed by atoms with van der Waals surface area (Å²) in [5.74, 6) is 0.302. The maximum atomic E-state index is 12.1. The Hall–Kier alpha value is -1.83. The first kappa shape index (κ1) is 13.2. The van der Waals surface area contributed by atoms with Crippen LogP contribution < -0.4 is 0 Å². The maximum Gasteiger partial charge on any atom is 0.164 e. The van der Waals surface area contributed by atoms with Gasteiger partial charge in [0.15, 0.2) is 5.78 Å². The number of nitrogens with zero attached hydrogens (tertiary/aromatic N) is 1. The van der Waals surface area contributed by atoms with Crippen molar-refractivity contribution in [2.45, 2.75) is 45.2 Å². The number of Topliss-reactive ketones (excluding diaryl/α,β-unsaturated/α-hetero) is 1. The Kier molecular flexibility index (Phi) is 3.25. The molecule has 20 heavy (non-hydrogen) atoms. The first-order valence-electron chi connectivity index (χ1n) is 7.35. The van der Waals surface area contributed by atoms with Crippen molar-refractivity contribution in [2.24, 2.45) is 0 Å². The van der Waals surface area contributed by atoms with Crippen molar-refractivity contribution in [3.8, 4) is 0 Å². The molecule has 0 aromatic heterocycles. The predicted octanol–water partition coefficient (Wildman–Crippen LogP) is 3.84. The zero-order chi connectivity index (χ0) is 14.2. The smallest absolute Gasteiger partial charge is 0.164 e. The number of carbonyl (C=O) groups is 1. The average Bonchev–Trinajstić information content (AvgIpc) is 2.43. The van der Waals surface area contributed by atoms with Crippen LogP contribution in [0.3, 0.4) is 0 Å². The molecule has 2 aliphatic rings. The van der Waals surface area contributed by atoms with Crippen LogP contribution in [0.15, 0.2) is 53.8 Å². The number of allylic oxidation sites excluding steroid dienone is 3. The van der Waals surface area contributed by atoms with Gasteiger partial charge in [0.1, 0.15) is 0 Å². The molecule has 2 heteroatoms. The van der Waals surface area contributed by atoms with Gasteiger partial charge in [-0.25, -0.2) is 0 Å². The van der Waals surface area contributed by atoms with Crippen LogP contribution in [0.2, 0.25) is 0 Å². The summed E-state index contributed by atoms with van der Waals surface area (Å²) >= 11 is 0. The minimum absolute atomic E-state index is 0.0354. The largest absolute Gasteiger partial charge is 0.361 e. The number of rotatable bonds is 2. The average molecular weight is 267 g/mol. The second-order valence-electron chi connectivity index (χ2n) is 6.20. The van der Waals surface area contributed by atoms with Gasteiger partial charge in [0, 0.05) is 24.2 Å². The minimum atomic E-state index is -0.0354. The second-order valence-corrected chi connectivity index (χ2v) is 6.20. The highest BCUT2D eigenvalue weighted by atomic mass is 16.1. The molecule has 1 aromatic carbocycles. The fourth-order valence-corrected chi connectivity index (χ4v) is 3.11. The molecule has 0 saturated heterocycles. The molecule has 0 atom stereocenters. The lowest BCUT2D eigenvalue weighted by atomic mass is 9.85. The van der Waals surface area contributed by atoms with Gasteiger partial charge >= 0.3 is 0 Å². The Morgan fingerprint density at radius 3 is 2.65 bits per heavy atom. The van der Waals surface area contributed by atoms with E-state index >= 15 is 0 Å². The molecule has 0 bridgehead atoms. The van der Waals surface area contributed by atoms with Gasteiger partial charge in [-0.05, 0) is 32.3 Å². The summed E-state index contributed by atoms with van der Waals surface area (Å²) < 4.78 is 0. The minimum Gasteiger partial charge on any atom is -0.361 e. The summed E-state index contributed by atoms with van der Waals surface area (Å²) in [6, 6.07) is 10.5. The first-order valence-corrected chi connectivity index (χ1v) is 7.35. The Bertz CT molecular complexity index is 581. The van der Waals surface area contributed by atoms with E-state index in [0.717, 1.165) is 25.0 Å². The van der Waals surface area contributed by atoms with Crippen molar-refractivity contribution < 1.29 is 4.79 Å². The van der Waals surface area contributed by atoms with E-state index in [9.17, 15) is 4.79 Å². The van der Waals surface area contributed by atoms with Crippen LogP contribution >= 0.6 is 0 Å². The van der Waals surface area contributed by atoms with Gasteiger partial charge in [-0.1, -0.05) is 42.5 Å². The van der Waals surface area contributed by atoms with Crippen LogP contribution in [0, 0.1) is 0 Å². The number of hydrogen-bond acceptors (Lipinski definition) is 2. The molecule has 0 fully saturated rings. The highest BCUT2D eigenvalue weighted by Crippen LogP contribution is 2.36. The Morgan fingerprint density at radius 2 is 1.90 bits per heavy atom. The Balaban J connectivity index is 1.97. The van der Waals surface area contributed by atoms with E-state index in [2.05, 4.69) is 49.1 Å². The quantitative estimate of drug-likeness (QED) is 0.811. The monoisotopic (exact) mass is 267 g/mol. The molecule has 0 amide bonds. The number of benzene rings is 1. The molecule has 0 saturated carbocycles. The van der Waals surface area contributed by atoms with Crippen LogP contribution in [0.5, 0.6) is 0 Å². The van der Waals surface area contributed by atoms with Gasteiger partial charge in [0.05, 0.1) is 5.54 Å². The van der Waals surface area contributed by atoms with E-state index in [4.69, 9.17) is 0 Å². The van der Waals surface area contributed by atoms with Crippen LogP contribution in [0.25, 0.3) is 0 Å². The molecule has 0 spiro atoms. The molecular formula is C18H21NO. The molecule has 0 N–H and O–H groups in total.